The van der Waals surface area contributed by atoms with Gasteiger partial charge in [-0.1, -0.05) is 17.3 Å². The number of Topliss-reactive ketones (excluding diaryl/α,β-unsaturated/α-hetero) is 2. The smallest absolute Gasteiger partial charge is 0.244 e. The molecule has 1 aliphatic carbocycles. The molecular formula is C33H33FN6O7. The number of rotatable bonds is 7. The van der Waals surface area contributed by atoms with Crippen molar-refractivity contribution in [2.75, 3.05) is 31.1 Å². The number of hydrogen-bond donors (Lipinski definition) is 3. The number of ketones is 3. The topological polar surface area (TPSA) is 167 Å². The Kier molecular flexibility index (Phi) is 7.82. The summed E-state index contributed by atoms with van der Waals surface area (Å²) < 4.78 is 21.4. The molecule has 14 heteroatoms. The van der Waals surface area contributed by atoms with Crippen molar-refractivity contribution in [1.29, 1.82) is 0 Å². The second-order valence-electron chi connectivity index (χ2n) is 12.0. The van der Waals surface area contributed by atoms with Gasteiger partial charge in [-0.15, -0.1) is 5.10 Å². The van der Waals surface area contributed by atoms with Crippen molar-refractivity contribution in [2.24, 2.45) is 0 Å². The Balaban J connectivity index is 1.13. The number of piperazine rings is 1. The maximum absolute atomic E-state index is 14.2. The van der Waals surface area contributed by atoms with Crippen molar-refractivity contribution in [3.8, 4) is 17.2 Å². The van der Waals surface area contributed by atoms with E-state index in [2.05, 4.69) is 15.6 Å². The van der Waals surface area contributed by atoms with Gasteiger partial charge in [-0.2, -0.15) is 0 Å². The number of nitrogens with zero attached hydrogens (tertiary/aromatic N) is 5. The Bertz CT molecular complexity index is 1920. The molecule has 2 aromatic carbocycles. The second kappa shape index (κ2) is 11.7. The van der Waals surface area contributed by atoms with Crippen LogP contribution in [0.1, 0.15) is 48.0 Å². The van der Waals surface area contributed by atoms with Gasteiger partial charge in [-0.3, -0.25) is 19.2 Å². The highest BCUT2D eigenvalue weighted by molar-refractivity contribution is 6.31. The van der Waals surface area contributed by atoms with Gasteiger partial charge in [0, 0.05) is 43.5 Å². The van der Waals surface area contributed by atoms with Gasteiger partial charge in [0.05, 0.1) is 29.6 Å². The minimum absolute atomic E-state index is 0.00769. The number of benzene rings is 2. The molecule has 1 aromatic heterocycles. The molecule has 1 amide bonds. The van der Waals surface area contributed by atoms with Gasteiger partial charge in [-0.05, 0) is 39.8 Å². The molecule has 244 valence electrons. The number of phenols is 2. The molecule has 1 unspecified atom stereocenters. The number of fused-ring (bicyclic) bond motifs is 3. The number of hydrogen-bond acceptors (Lipinski definition) is 11. The predicted octanol–water partition coefficient (Wildman–Crippen LogP) is 2.44. The molecule has 47 heavy (non-hydrogen) atoms. The number of para-hydroxylation sites is 1. The third-order valence-corrected chi connectivity index (χ3v) is 9.00. The van der Waals surface area contributed by atoms with Crippen molar-refractivity contribution in [2.45, 2.75) is 46.2 Å². The lowest BCUT2D eigenvalue weighted by molar-refractivity contribution is -0.132. The van der Waals surface area contributed by atoms with Gasteiger partial charge in [0.2, 0.25) is 5.91 Å². The molecule has 6 rings (SSSR count). The summed E-state index contributed by atoms with van der Waals surface area (Å²) in [5.74, 6) is -3.34. The van der Waals surface area contributed by atoms with Crippen LogP contribution in [0.2, 0.25) is 0 Å². The number of ether oxygens (including phenoxy) is 1. The van der Waals surface area contributed by atoms with Crippen molar-refractivity contribution in [1.82, 2.24) is 25.2 Å². The van der Waals surface area contributed by atoms with Crippen LogP contribution in [0, 0.1) is 12.7 Å². The fourth-order valence-corrected chi connectivity index (χ4v) is 6.31. The number of anilines is 1. The second-order valence-corrected chi connectivity index (χ2v) is 12.0. The molecular weight excluding hydrogens is 611 g/mol. The van der Waals surface area contributed by atoms with Gasteiger partial charge in [0.25, 0.3) is 0 Å². The van der Waals surface area contributed by atoms with Crippen LogP contribution in [0.15, 0.2) is 53.6 Å². The van der Waals surface area contributed by atoms with Crippen molar-refractivity contribution >= 4 is 28.9 Å². The van der Waals surface area contributed by atoms with Crippen LogP contribution in [0.3, 0.4) is 0 Å². The first-order valence-electron chi connectivity index (χ1n) is 15.0. The molecule has 0 bridgehead atoms. The highest BCUT2D eigenvalue weighted by atomic mass is 19.1. The zero-order valence-electron chi connectivity index (χ0n) is 26.3. The van der Waals surface area contributed by atoms with Gasteiger partial charge >= 0.3 is 0 Å². The van der Waals surface area contributed by atoms with Crippen LogP contribution in [0.4, 0.5) is 10.1 Å². The Labute approximate surface area is 268 Å². The molecule has 1 saturated heterocycles. The van der Waals surface area contributed by atoms with E-state index in [0.717, 1.165) is 6.08 Å². The molecule has 1 atom stereocenters. The maximum Gasteiger partial charge on any atom is 0.244 e. The summed E-state index contributed by atoms with van der Waals surface area (Å²) in [5.41, 5.74) is -0.756. The third-order valence-electron chi connectivity index (χ3n) is 9.00. The van der Waals surface area contributed by atoms with Crippen molar-refractivity contribution in [3.05, 3.63) is 81.8 Å². The lowest BCUT2D eigenvalue weighted by Gasteiger charge is -2.36. The molecule has 13 nitrogen and oxygen atoms in total. The minimum Gasteiger partial charge on any atom is -0.507 e. The summed E-state index contributed by atoms with van der Waals surface area (Å²) in [4.78, 5) is 56.1. The third kappa shape index (κ3) is 5.19. The number of carbonyl (C=O) groups is 4. The molecule has 3 aliphatic rings. The molecule has 2 aliphatic heterocycles. The summed E-state index contributed by atoms with van der Waals surface area (Å²) in [6.45, 7) is 7.59. The highest BCUT2D eigenvalue weighted by Gasteiger charge is 2.56. The van der Waals surface area contributed by atoms with E-state index >= 15 is 0 Å². The summed E-state index contributed by atoms with van der Waals surface area (Å²) >= 11 is 0. The van der Waals surface area contributed by atoms with Crippen LogP contribution in [-0.4, -0.2) is 79.5 Å². The maximum atomic E-state index is 14.2. The average Bonchev–Trinajstić information content (AvgIpc) is 3.61. The summed E-state index contributed by atoms with van der Waals surface area (Å²) in [6.07, 6.45) is 2.73. The Hall–Kier alpha value is -5.53. The monoisotopic (exact) mass is 644 g/mol. The summed E-state index contributed by atoms with van der Waals surface area (Å²) in [7, 11) is 0. The van der Waals surface area contributed by atoms with Crippen molar-refractivity contribution < 1.29 is 38.5 Å². The number of aromatic nitrogens is 3. The minimum atomic E-state index is -1.63. The van der Waals surface area contributed by atoms with E-state index in [1.54, 1.807) is 36.2 Å². The summed E-state index contributed by atoms with van der Waals surface area (Å²) in [5, 5.41) is 32.7. The molecule has 0 saturated carbocycles. The highest BCUT2D eigenvalue weighted by Crippen LogP contribution is 2.57. The SMILES string of the molecule is CC(=O)c1c(O)c(C)c(O)c2c1OC1=CC(=O)/C(=C(/C)NCc3cn(CC(=O)N4CCN(c5ccccc5F)CC4)nn3)C(=O)C12C. The Morgan fingerprint density at radius 3 is 2.47 bits per heavy atom. The van der Waals surface area contributed by atoms with Gasteiger partial charge in [0.1, 0.15) is 52.0 Å². The van der Waals surface area contributed by atoms with E-state index in [4.69, 9.17) is 4.74 Å². The number of halogens is 1. The number of allylic oxidation sites excluding steroid dienone is 4. The average molecular weight is 645 g/mol. The molecule has 0 radical (unpaired) electrons. The van der Waals surface area contributed by atoms with Crippen LogP contribution in [0.25, 0.3) is 0 Å². The van der Waals surface area contributed by atoms with Crippen LogP contribution in [0.5, 0.6) is 17.2 Å². The molecule has 3 aromatic rings. The molecule has 3 N–H and O–H groups in total. The van der Waals surface area contributed by atoms with E-state index in [-0.39, 0.29) is 64.3 Å². The molecule has 1 fully saturated rings. The number of carbonyl (C=O) groups excluding carboxylic acids is 4. The lowest BCUT2D eigenvalue weighted by Crippen LogP contribution is -2.49. The number of amides is 1. The quantitative estimate of drug-likeness (QED) is 0.196. The number of nitrogens with one attached hydrogen (secondary N) is 1. The number of aromatic hydroxyl groups is 2. The van der Waals surface area contributed by atoms with Gasteiger partial charge < -0.3 is 30.1 Å². The van der Waals surface area contributed by atoms with Crippen LogP contribution < -0.4 is 15.0 Å². The van der Waals surface area contributed by atoms with E-state index in [1.165, 1.54) is 31.5 Å². The Morgan fingerprint density at radius 1 is 1.09 bits per heavy atom. The lowest BCUT2D eigenvalue weighted by atomic mass is 9.70. The first-order chi connectivity index (χ1) is 22.3. The van der Waals surface area contributed by atoms with E-state index in [9.17, 15) is 33.8 Å². The fourth-order valence-electron chi connectivity index (χ4n) is 6.31. The standard InChI is InChI=1S/C33H33FN6O7/c1-17-29(44)27(19(3)41)31-28(30(17)45)33(4)24(47-31)13-23(42)26(32(33)46)18(2)35-14-20-15-40(37-36-20)16-25(43)39-11-9-38(10-12-39)22-8-6-5-7-21(22)34/h5-8,13,15,35,44-45H,9-12,14,16H2,1-4H3/b26-18+. The zero-order chi connectivity index (χ0) is 33.8. The first-order valence-corrected chi connectivity index (χ1v) is 15.0. The van der Waals surface area contributed by atoms with E-state index < -0.39 is 34.3 Å². The van der Waals surface area contributed by atoms with E-state index in [0.29, 0.717) is 37.6 Å². The number of phenolic OH excluding ortho intramolecular Hbond substituents is 2. The summed E-state index contributed by atoms with van der Waals surface area (Å²) in [6, 6.07) is 6.54. The largest absolute Gasteiger partial charge is 0.507 e. The Morgan fingerprint density at radius 2 is 1.79 bits per heavy atom. The zero-order valence-corrected chi connectivity index (χ0v) is 26.3. The predicted molar refractivity (Wildman–Crippen MR) is 165 cm³/mol. The first kappa shape index (κ1) is 31.5. The van der Waals surface area contributed by atoms with Crippen LogP contribution in [-0.2, 0) is 32.9 Å². The molecule has 3 heterocycles. The van der Waals surface area contributed by atoms with Crippen LogP contribution >= 0.6 is 0 Å². The van der Waals surface area contributed by atoms with E-state index in [1.807, 2.05) is 4.90 Å². The fraction of sp³-hybridized carbons (Fsp3) is 0.333. The molecule has 0 spiro atoms. The normalized spacial score (nSPS) is 20.0. The van der Waals surface area contributed by atoms with Gasteiger partial charge in [0.15, 0.2) is 17.3 Å². The van der Waals surface area contributed by atoms with Gasteiger partial charge in [-0.25, -0.2) is 9.07 Å². The van der Waals surface area contributed by atoms with Crippen molar-refractivity contribution in [3.63, 3.8) is 0 Å².